The van der Waals surface area contributed by atoms with Crippen LogP contribution >= 0.6 is 0 Å². The number of nitrogens with zero attached hydrogens (tertiary/aromatic N) is 2. The molecular weight excluding hydrogens is 299 g/mol. The molecule has 1 amide bonds. The molecule has 3 fully saturated rings. The van der Waals surface area contributed by atoms with E-state index in [1.54, 1.807) is 0 Å². The minimum absolute atomic E-state index is 0.0335. The Morgan fingerprint density at radius 1 is 1.27 bits per heavy atom. The summed E-state index contributed by atoms with van der Waals surface area (Å²) in [4.78, 5) is 15.4. The zero-order valence-corrected chi connectivity index (χ0v) is 11.8. The summed E-state index contributed by atoms with van der Waals surface area (Å²) >= 11 is 0. The number of hydrogen-bond acceptors (Lipinski definition) is 4. The highest BCUT2D eigenvalue weighted by Crippen LogP contribution is 2.69. The maximum absolute atomic E-state index is 12.3. The number of fused-ring (bicyclic) bond motifs is 5. The highest BCUT2D eigenvalue weighted by atomic mass is 19.4. The maximum atomic E-state index is 12.3. The number of halogens is 3. The summed E-state index contributed by atoms with van der Waals surface area (Å²) in [5.41, 5.74) is 0. The zero-order chi connectivity index (χ0) is 15.5. The van der Waals surface area contributed by atoms with Crippen LogP contribution in [0.4, 0.5) is 13.2 Å². The molecule has 4 rings (SSSR count). The van der Waals surface area contributed by atoms with Crippen molar-refractivity contribution < 1.29 is 22.5 Å². The monoisotopic (exact) mass is 315 g/mol. The van der Waals surface area contributed by atoms with Gasteiger partial charge in [-0.25, -0.2) is 0 Å². The molecule has 3 aliphatic carbocycles. The Hall–Kier alpha value is -1.60. The van der Waals surface area contributed by atoms with E-state index in [2.05, 4.69) is 20.0 Å². The molecule has 0 spiro atoms. The molecule has 0 aromatic carbocycles. The van der Waals surface area contributed by atoms with Crippen molar-refractivity contribution in [3.63, 3.8) is 0 Å². The number of alkyl halides is 3. The van der Waals surface area contributed by atoms with Crippen LogP contribution in [0.25, 0.3) is 0 Å². The first-order valence-corrected chi connectivity index (χ1v) is 7.62. The molecule has 120 valence electrons. The third kappa shape index (κ3) is 2.19. The van der Waals surface area contributed by atoms with Crippen molar-refractivity contribution in [2.24, 2.45) is 29.6 Å². The maximum Gasteiger partial charge on any atom is 0.471 e. The van der Waals surface area contributed by atoms with Crippen molar-refractivity contribution >= 4 is 5.91 Å². The normalized spacial score (nSPS) is 35.5. The van der Waals surface area contributed by atoms with Gasteiger partial charge in [0.15, 0.2) is 5.82 Å². The lowest BCUT2D eigenvalue weighted by Crippen LogP contribution is -2.29. The Labute approximate surface area is 124 Å². The van der Waals surface area contributed by atoms with Crippen molar-refractivity contribution in [2.75, 3.05) is 6.54 Å². The average molecular weight is 315 g/mol. The van der Waals surface area contributed by atoms with Gasteiger partial charge in [0.05, 0.1) is 0 Å². The SMILES string of the molecule is O=C(NCCc1noc(C(F)(F)F)n1)C1[C@@H]2[C@H]3CC[C@H](C3)[C@H]12. The van der Waals surface area contributed by atoms with Crippen LogP contribution in [0, 0.1) is 29.6 Å². The Morgan fingerprint density at radius 3 is 2.55 bits per heavy atom. The minimum atomic E-state index is -4.63. The quantitative estimate of drug-likeness (QED) is 0.923. The molecule has 22 heavy (non-hydrogen) atoms. The van der Waals surface area contributed by atoms with Gasteiger partial charge in [-0.1, -0.05) is 5.16 Å². The second-order valence-electron chi connectivity index (χ2n) is 6.57. The minimum Gasteiger partial charge on any atom is -0.355 e. The molecule has 0 saturated heterocycles. The van der Waals surface area contributed by atoms with E-state index in [0.29, 0.717) is 11.8 Å². The van der Waals surface area contributed by atoms with Gasteiger partial charge in [0.25, 0.3) is 0 Å². The number of hydrogen-bond donors (Lipinski definition) is 1. The lowest BCUT2D eigenvalue weighted by molar-refractivity contribution is -0.159. The number of carbonyl (C=O) groups is 1. The molecule has 8 heteroatoms. The molecule has 0 radical (unpaired) electrons. The van der Waals surface area contributed by atoms with E-state index in [1.165, 1.54) is 19.3 Å². The van der Waals surface area contributed by atoms with Gasteiger partial charge in [-0.05, 0) is 42.9 Å². The third-order valence-corrected chi connectivity index (χ3v) is 5.40. The summed E-state index contributed by atoms with van der Waals surface area (Å²) in [5.74, 6) is 1.33. The van der Waals surface area contributed by atoms with Crippen LogP contribution in [0.15, 0.2) is 4.52 Å². The van der Waals surface area contributed by atoms with Crippen molar-refractivity contribution in [3.8, 4) is 0 Å². The Morgan fingerprint density at radius 2 is 1.95 bits per heavy atom. The molecule has 1 aromatic heterocycles. The molecular formula is C14H16F3N3O2. The Balaban J connectivity index is 1.26. The van der Waals surface area contributed by atoms with E-state index in [4.69, 9.17) is 0 Å². The topological polar surface area (TPSA) is 68.0 Å². The van der Waals surface area contributed by atoms with Crippen LogP contribution < -0.4 is 5.32 Å². The zero-order valence-electron chi connectivity index (χ0n) is 11.8. The first kappa shape index (κ1) is 14.0. The number of rotatable bonds is 4. The molecule has 5 nitrogen and oxygen atoms in total. The van der Waals surface area contributed by atoms with Gasteiger partial charge in [-0.15, -0.1) is 0 Å². The van der Waals surface area contributed by atoms with Gasteiger partial charge in [-0.3, -0.25) is 4.79 Å². The van der Waals surface area contributed by atoms with E-state index < -0.39 is 12.1 Å². The predicted molar refractivity (Wildman–Crippen MR) is 67.3 cm³/mol. The summed E-state index contributed by atoms with van der Waals surface area (Å²) in [5, 5.41) is 6.07. The highest BCUT2D eigenvalue weighted by molar-refractivity contribution is 5.82. The van der Waals surface area contributed by atoms with E-state index in [-0.39, 0.29) is 30.6 Å². The van der Waals surface area contributed by atoms with Gasteiger partial charge in [0.1, 0.15) is 0 Å². The summed E-state index contributed by atoms with van der Waals surface area (Å²) in [6, 6.07) is 0. The van der Waals surface area contributed by atoms with E-state index >= 15 is 0 Å². The fourth-order valence-corrected chi connectivity index (χ4v) is 4.56. The van der Waals surface area contributed by atoms with Crippen molar-refractivity contribution in [2.45, 2.75) is 31.9 Å². The Kier molecular flexibility index (Phi) is 2.99. The molecule has 5 atom stereocenters. The van der Waals surface area contributed by atoms with E-state index in [9.17, 15) is 18.0 Å². The predicted octanol–water partition coefficient (Wildman–Crippen LogP) is 2.04. The van der Waals surface area contributed by atoms with Crippen LogP contribution in [-0.4, -0.2) is 22.6 Å². The average Bonchev–Trinajstić information content (AvgIpc) is 2.85. The van der Waals surface area contributed by atoms with Crippen LogP contribution in [0.2, 0.25) is 0 Å². The van der Waals surface area contributed by atoms with Gasteiger partial charge in [0, 0.05) is 18.9 Å². The molecule has 0 aliphatic heterocycles. The largest absolute Gasteiger partial charge is 0.471 e. The molecule has 1 heterocycles. The van der Waals surface area contributed by atoms with Crippen molar-refractivity contribution in [3.05, 3.63) is 11.7 Å². The second kappa shape index (κ2) is 4.70. The summed E-state index contributed by atoms with van der Waals surface area (Å²) in [6.07, 6.45) is -0.709. The summed E-state index contributed by atoms with van der Waals surface area (Å²) < 4.78 is 41.1. The Bertz CT molecular complexity index is 584. The number of amides is 1. The van der Waals surface area contributed by atoms with Gasteiger partial charge in [-0.2, -0.15) is 18.2 Å². The third-order valence-electron chi connectivity index (χ3n) is 5.40. The van der Waals surface area contributed by atoms with Crippen LogP contribution in [0.3, 0.4) is 0 Å². The molecule has 2 bridgehead atoms. The molecule has 1 aromatic rings. The van der Waals surface area contributed by atoms with Gasteiger partial charge < -0.3 is 9.84 Å². The van der Waals surface area contributed by atoms with Crippen LogP contribution in [-0.2, 0) is 17.4 Å². The summed E-state index contributed by atoms with van der Waals surface area (Å²) in [7, 11) is 0. The first-order chi connectivity index (χ1) is 10.4. The smallest absolute Gasteiger partial charge is 0.355 e. The van der Waals surface area contributed by atoms with E-state index in [0.717, 1.165) is 11.8 Å². The van der Waals surface area contributed by atoms with Crippen molar-refractivity contribution in [1.29, 1.82) is 0 Å². The molecule has 1 unspecified atom stereocenters. The van der Waals surface area contributed by atoms with E-state index in [1.807, 2.05) is 0 Å². The second-order valence-corrected chi connectivity index (χ2v) is 6.57. The first-order valence-electron chi connectivity index (χ1n) is 7.62. The van der Waals surface area contributed by atoms with Crippen LogP contribution in [0.5, 0.6) is 0 Å². The number of carbonyl (C=O) groups excluding carboxylic acids is 1. The lowest BCUT2D eigenvalue weighted by Gasteiger charge is -2.08. The van der Waals surface area contributed by atoms with Crippen LogP contribution in [0.1, 0.15) is 31.0 Å². The van der Waals surface area contributed by atoms with Crippen molar-refractivity contribution in [1.82, 2.24) is 15.5 Å². The lowest BCUT2D eigenvalue weighted by atomic mass is 10.0. The number of aromatic nitrogens is 2. The van der Waals surface area contributed by atoms with Gasteiger partial charge >= 0.3 is 12.1 Å². The molecule has 1 N–H and O–H groups in total. The molecule has 3 aliphatic rings. The fraction of sp³-hybridized carbons (Fsp3) is 0.786. The standard InChI is InChI=1S/C14H16F3N3O2/c15-14(16,17)13-19-8(20-22-13)3-4-18-12(21)11-9-6-1-2-7(5-6)10(9)11/h6-7,9-11H,1-5H2,(H,18,21)/t6-,7+,9+,10-,11?. The number of nitrogens with one attached hydrogen (secondary N) is 1. The fourth-order valence-electron chi connectivity index (χ4n) is 4.56. The highest BCUT2D eigenvalue weighted by Gasteiger charge is 2.67. The van der Waals surface area contributed by atoms with Gasteiger partial charge in [0.2, 0.25) is 5.91 Å². The molecule has 3 saturated carbocycles. The summed E-state index contributed by atoms with van der Waals surface area (Å²) in [6.45, 7) is 0.237.